The van der Waals surface area contributed by atoms with Crippen molar-refractivity contribution in [2.45, 2.75) is 66.2 Å². The highest BCUT2D eigenvalue weighted by Crippen LogP contribution is 2.28. The molecule has 0 unspecified atom stereocenters. The molecule has 1 heterocycles. The first-order valence-electron chi connectivity index (χ1n) is 12.0. The number of aliphatic imine (C=N–C) groups is 1. The van der Waals surface area contributed by atoms with Crippen molar-refractivity contribution in [2.75, 3.05) is 13.6 Å². The average Bonchev–Trinajstić information content (AvgIpc) is 2.79. The smallest absolute Gasteiger partial charge is 0.144 e. The molecule has 0 atom stereocenters. The summed E-state index contributed by atoms with van der Waals surface area (Å²) in [4.78, 5) is 8.91. The second-order valence-corrected chi connectivity index (χ2v) is 10.2. The van der Waals surface area contributed by atoms with Crippen molar-refractivity contribution in [3.8, 4) is 6.07 Å². The molecule has 5 N–H and O–H groups in total. The number of aromatic nitrogens is 1. The molecule has 0 aliphatic heterocycles. The molecule has 1 aliphatic rings. The molecule has 1 aromatic heterocycles. The van der Waals surface area contributed by atoms with E-state index in [2.05, 4.69) is 55.6 Å². The lowest BCUT2D eigenvalue weighted by atomic mass is 9.84. The number of hydrazine groups is 1. The lowest BCUT2D eigenvalue weighted by Crippen LogP contribution is -2.33. The highest BCUT2D eigenvalue weighted by atomic mass is 15.4. The van der Waals surface area contributed by atoms with Crippen molar-refractivity contribution < 1.29 is 0 Å². The van der Waals surface area contributed by atoms with Crippen LogP contribution < -0.4 is 16.9 Å². The van der Waals surface area contributed by atoms with E-state index >= 15 is 0 Å². The van der Waals surface area contributed by atoms with Gasteiger partial charge in [-0.15, -0.1) is 0 Å². The molecule has 184 valence electrons. The Morgan fingerprint density at radius 3 is 2.59 bits per heavy atom. The maximum Gasteiger partial charge on any atom is 0.144 e. The van der Waals surface area contributed by atoms with Crippen LogP contribution >= 0.6 is 0 Å². The third kappa shape index (κ3) is 8.03. The molecule has 0 amide bonds. The number of pyridine rings is 1. The van der Waals surface area contributed by atoms with Crippen LogP contribution in [0.3, 0.4) is 0 Å². The predicted octanol–water partition coefficient (Wildman–Crippen LogP) is 4.63. The summed E-state index contributed by atoms with van der Waals surface area (Å²) in [6, 6.07) is 6.12. The molecule has 1 fully saturated rings. The first-order valence-corrected chi connectivity index (χ1v) is 12.0. The summed E-state index contributed by atoms with van der Waals surface area (Å²) in [5.74, 6) is 7.19. The molecule has 0 bridgehead atoms. The van der Waals surface area contributed by atoms with Gasteiger partial charge >= 0.3 is 0 Å². The van der Waals surface area contributed by atoms with Crippen molar-refractivity contribution in [1.82, 2.24) is 15.3 Å². The zero-order valence-electron chi connectivity index (χ0n) is 21.5. The molecule has 0 spiro atoms. The number of hydrogen-bond acceptors (Lipinski definition) is 7. The summed E-state index contributed by atoms with van der Waals surface area (Å²) in [6.07, 6.45) is 10.9. The molecule has 1 saturated carbocycles. The van der Waals surface area contributed by atoms with Gasteiger partial charge in [0.1, 0.15) is 17.6 Å². The van der Waals surface area contributed by atoms with Crippen molar-refractivity contribution in [3.05, 3.63) is 58.8 Å². The van der Waals surface area contributed by atoms with E-state index in [9.17, 15) is 5.26 Å². The van der Waals surface area contributed by atoms with Crippen molar-refractivity contribution >= 4 is 11.9 Å². The Kier molecular flexibility index (Phi) is 9.88. The maximum atomic E-state index is 9.70. The molecular formula is C27H41N7. The van der Waals surface area contributed by atoms with Gasteiger partial charge in [0, 0.05) is 13.3 Å². The zero-order valence-corrected chi connectivity index (χ0v) is 21.5. The lowest BCUT2D eigenvalue weighted by Gasteiger charge is -2.22. The monoisotopic (exact) mass is 463 g/mol. The van der Waals surface area contributed by atoms with Crippen molar-refractivity contribution in [2.24, 2.45) is 27.9 Å². The number of likely N-dealkylation sites (N-methyl/N-ethyl adjacent to an activating group) is 1. The molecule has 7 nitrogen and oxygen atoms in total. The summed E-state index contributed by atoms with van der Waals surface area (Å²) in [5.41, 5.74) is 10.8. The van der Waals surface area contributed by atoms with Gasteiger partial charge in [0.15, 0.2) is 0 Å². The van der Waals surface area contributed by atoms with Gasteiger partial charge in [-0.1, -0.05) is 71.1 Å². The molecule has 1 aliphatic carbocycles. The fourth-order valence-corrected chi connectivity index (χ4v) is 3.88. The fraction of sp³-hybridized carbons (Fsp3) is 0.519. The van der Waals surface area contributed by atoms with Crippen LogP contribution in [0.2, 0.25) is 0 Å². The Labute approximate surface area is 205 Å². The molecule has 1 aromatic rings. The van der Waals surface area contributed by atoms with Crippen LogP contribution in [0.4, 0.5) is 0 Å². The Balaban J connectivity index is 2.14. The minimum atomic E-state index is 0.0919. The van der Waals surface area contributed by atoms with Crippen LogP contribution in [-0.4, -0.2) is 29.8 Å². The number of rotatable bonds is 9. The van der Waals surface area contributed by atoms with Gasteiger partial charge in [-0.05, 0) is 42.4 Å². The maximum absolute atomic E-state index is 9.70. The second kappa shape index (κ2) is 12.4. The minimum Gasteiger partial charge on any atom is -0.395 e. The van der Waals surface area contributed by atoms with Crippen LogP contribution in [0.5, 0.6) is 0 Å². The van der Waals surface area contributed by atoms with E-state index in [0.717, 1.165) is 12.0 Å². The van der Waals surface area contributed by atoms with Crippen LogP contribution in [0, 0.1) is 22.7 Å². The fourth-order valence-electron chi connectivity index (χ4n) is 3.88. The quantitative estimate of drug-likeness (QED) is 0.279. The summed E-state index contributed by atoms with van der Waals surface area (Å²) in [7, 11) is 1.72. The van der Waals surface area contributed by atoms with Gasteiger partial charge in [0.2, 0.25) is 0 Å². The van der Waals surface area contributed by atoms with E-state index in [0.29, 0.717) is 41.1 Å². The van der Waals surface area contributed by atoms with E-state index in [1.165, 1.54) is 42.7 Å². The van der Waals surface area contributed by atoms with Gasteiger partial charge in [0.25, 0.3) is 0 Å². The van der Waals surface area contributed by atoms with Crippen LogP contribution in [0.25, 0.3) is 5.70 Å². The summed E-state index contributed by atoms with van der Waals surface area (Å²) >= 11 is 0. The van der Waals surface area contributed by atoms with Crippen LogP contribution in [0.1, 0.15) is 76.8 Å². The Morgan fingerprint density at radius 2 is 2.00 bits per heavy atom. The Morgan fingerprint density at radius 1 is 1.32 bits per heavy atom. The van der Waals surface area contributed by atoms with Gasteiger partial charge in [-0.2, -0.15) is 5.26 Å². The molecule has 0 saturated heterocycles. The van der Waals surface area contributed by atoms with Gasteiger partial charge in [-0.25, -0.2) is 15.8 Å². The second-order valence-electron chi connectivity index (χ2n) is 10.2. The molecule has 34 heavy (non-hydrogen) atoms. The van der Waals surface area contributed by atoms with E-state index in [-0.39, 0.29) is 5.41 Å². The number of nitrogens with zero attached hydrogens (tertiary/aromatic N) is 4. The van der Waals surface area contributed by atoms with E-state index < -0.39 is 0 Å². The standard InChI is InChI=1S/C27H41N7/c1-19(27(3,4)5)14-15-31-20(2)32-18-25(34(6)30)26(29)23-13-12-22(24(17-28)33-23)16-21-10-8-7-9-11-21/h12-15,21,32H,2,7-11,16,18,29-30H2,1,3-6H3/b19-14+,26-25-,31-15-. The van der Waals surface area contributed by atoms with Gasteiger partial charge < -0.3 is 16.1 Å². The zero-order chi connectivity index (χ0) is 25.3. The topological polar surface area (TPSA) is 116 Å². The molecular weight excluding hydrogens is 422 g/mol. The number of allylic oxidation sites excluding steroid dienone is 2. The summed E-state index contributed by atoms with van der Waals surface area (Å²) < 4.78 is 0. The number of nitrogens with one attached hydrogen (secondary N) is 1. The SMILES string of the molecule is C=C(/N=C\C=C(/C)C(C)(C)C)NC/C(=C(/N)c1ccc(CC2CCCCC2)c(C#N)n1)N(C)N. The number of hydrogen-bond donors (Lipinski definition) is 3. The lowest BCUT2D eigenvalue weighted by molar-refractivity contribution is 0.356. The summed E-state index contributed by atoms with van der Waals surface area (Å²) in [6.45, 7) is 12.8. The summed E-state index contributed by atoms with van der Waals surface area (Å²) in [5, 5.41) is 14.3. The molecule has 2 rings (SSSR count). The predicted molar refractivity (Wildman–Crippen MR) is 141 cm³/mol. The third-order valence-electron chi connectivity index (χ3n) is 6.53. The van der Waals surface area contributed by atoms with Crippen molar-refractivity contribution in [1.29, 1.82) is 5.26 Å². The molecule has 0 radical (unpaired) electrons. The highest BCUT2D eigenvalue weighted by Gasteiger charge is 2.18. The van der Waals surface area contributed by atoms with Crippen LogP contribution in [0.15, 0.2) is 46.9 Å². The molecule has 7 heteroatoms. The van der Waals surface area contributed by atoms with E-state index in [4.69, 9.17) is 11.6 Å². The largest absolute Gasteiger partial charge is 0.395 e. The van der Waals surface area contributed by atoms with Gasteiger partial charge in [-0.3, -0.25) is 0 Å². The minimum absolute atomic E-state index is 0.0919. The van der Waals surface area contributed by atoms with Crippen molar-refractivity contribution in [3.63, 3.8) is 0 Å². The Hall–Kier alpha value is -3.11. The normalized spacial score (nSPS) is 16.2. The number of nitrogens with two attached hydrogens (primary N) is 2. The van der Waals surface area contributed by atoms with Gasteiger partial charge in [0.05, 0.1) is 23.6 Å². The van der Waals surface area contributed by atoms with Crippen LogP contribution in [-0.2, 0) is 6.42 Å². The Bertz CT molecular complexity index is 981. The van der Waals surface area contributed by atoms with E-state index in [1.807, 2.05) is 18.2 Å². The third-order valence-corrected chi connectivity index (χ3v) is 6.53. The first kappa shape index (κ1) is 27.1. The first-order chi connectivity index (χ1) is 16.0. The van der Waals surface area contributed by atoms with E-state index in [1.54, 1.807) is 13.3 Å². The highest BCUT2D eigenvalue weighted by molar-refractivity contribution is 5.73. The molecule has 0 aromatic carbocycles. The number of nitriles is 1. The average molecular weight is 464 g/mol.